The van der Waals surface area contributed by atoms with Gasteiger partial charge in [-0.3, -0.25) is 0 Å². The fraction of sp³-hybridized carbons (Fsp3) is 0.625. The van der Waals surface area contributed by atoms with E-state index < -0.39 is 0 Å². The Bertz CT molecular complexity index is 237. The first kappa shape index (κ1) is 6.85. The minimum absolute atomic E-state index is 0.660. The van der Waals surface area contributed by atoms with E-state index in [0.717, 1.165) is 19.5 Å². The number of hydrogen-bond donors (Lipinski definition) is 1. The number of rotatable bonds is 2. The van der Waals surface area contributed by atoms with E-state index in [-0.39, 0.29) is 0 Å². The van der Waals surface area contributed by atoms with Crippen molar-refractivity contribution in [1.82, 2.24) is 14.9 Å². The molecule has 0 aromatic carbocycles. The topological polar surface area (TPSA) is 29.9 Å². The van der Waals surface area contributed by atoms with Gasteiger partial charge in [-0.15, -0.1) is 0 Å². The van der Waals surface area contributed by atoms with Crippen LogP contribution in [0.1, 0.15) is 18.7 Å². The van der Waals surface area contributed by atoms with Gasteiger partial charge in [-0.2, -0.15) is 0 Å². The van der Waals surface area contributed by atoms with E-state index in [9.17, 15) is 0 Å². The number of nitrogens with one attached hydrogen (secondary N) is 1. The minimum atomic E-state index is 0.660. The van der Waals surface area contributed by atoms with Gasteiger partial charge < -0.3 is 9.88 Å². The van der Waals surface area contributed by atoms with E-state index in [1.807, 2.05) is 12.5 Å². The molecule has 1 N–H and O–H groups in total. The first-order valence-corrected chi connectivity index (χ1v) is 4.13. The van der Waals surface area contributed by atoms with Gasteiger partial charge in [-0.1, -0.05) is 6.92 Å². The maximum Gasteiger partial charge on any atom is 0.0951 e. The van der Waals surface area contributed by atoms with E-state index in [2.05, 4.69) is 21.8 Å². The molecule has 0 spiro atoms. The van der Waals surface area contributed by atoms with Crippen LogP contribution in [0.15, 0.2) is 12.5 Å². The molecule has 1 aliphatic rings. The highest BCUT2D eigenvalue weighted by molar-refractivity contribution is 5.02. The summed E-state index contributed by atoms with van der Waals surface area (Å²) in [6, 6.07) is 0.660. The lowest BCUT2D eigenvalue weighted by atomic mass is 10.1. The van der Waals surface area contributed by atoms with Crippen LogP contribution in [0, 0.1) is 0 Å². The average molecular weight is 151 g/mol. The second-order valence-electron chi connectivity index (χ2n) is 2.96. The van der Waals surface area contributed by atoms with Crippen LogP contribution in [0.3, 0.4) is 0 Å². The lowest BCUT2D eigenvalue weighted by molar-refractivity contribution is 0.337. The highest BCUT2D eigenvalue weighted by Crippen LogP contribution is 2.14. The normalized spacial score (nSPS) is 18.3. The van der Waals surface area contributed by atoms with E-state index >= 15 is 0 Å². The first-order valence-electron chi connectivity index (χ1n) is 4.13. The second kappa shape index (κ2) is 2.66. The van der Waals surface area contributed by atoms with Crippen molar-refractivity contribution in [3.05, 3.63) is 18.2 Å². The summed E-state index contributed by atoms with van der Waals surface area (Å²) in [5, 5.41) is 3.25. The summed E-state index contributed by atoms with van der Waals surface area (Å²) < 4.78 is 2.27. The van der Waals surface area contributed by atoms with Crippen LogP contribution < -0.4 is 5.32 Å². The maximum atomic E-state index is 4.13. The zero-order valence-corrected chi connectivity index (χ0v) is 6.75. The number of imidazole rings is 1. The molecule has 1 aromatic heterocycles. The van der Waals surface area contributed by atoms with Crippen molar-refractivity contribution in [2.45, 2.75) is 19.4 Å². The number of aryl methyl sites for hydroxylation is 1. The fourth-order valence-corrected chi connectivity index (χ4v) is 1.40. The summed E-state index contributed by atoms with van der Waals surface area (Å²) in [7, 11) is 0. The molecular weight excluding hydrogens is 138 g/mol. The highest BCUT2D eigenvalue weighted by Gasteiger charge is 2.19. The molecule has 2 heterocycles. The van der Waals surface area contributed by atoms with Crippen LogP contribution in [-0.2, 0) is 6.42 Å². The Labute approximate surface area is 66.4 Å². The van der Waals surface area contributed by atoms with Gasteiger partial charge in [0.05, 0.1) is 12.4 Å². The highest BCUT2D eigenvalue weighted by atomic mass is 15.2. The van der Waals surface area contributed by atoms with E-state index in [4.69, 9.17) is 0 Å². The van der Waals surface area contributed by atoms with Gasteiger partial charge in [0.25, 0.3) is 0 Å². The van der Waals surface area contributed by atoms with Crippen LogP contribution >= 0.6 is 0 Å². The lowest BCUT2D eigenvalue weighted by Crippen LogP contribution is -2.43. The number of aromatic nitrogens is 2. The number of nitrogens with zero attached hydrogens (tertiary/aromatic N) is 2. The first-order chi connectivity index (χ1) is 5.42. The zero-order chi connectivity index (χ0) is 7.68. The summed E-state index contributed by atoms with van der Waals surface area (Å²) in [5.41, 5.74) is 1.34. The smallest absolute Gasteiger partial charge is 0.0951 e. The van der Waals surface area contributed by atoms with Crippen molar-refractivity contribution in [2.75, 3.05) is 13.1 Å². The third kappa shape index (κ3) is 1.05. The Kier molecular flexibility index (Phi) is 1.66. The van der Waals surface area contributed by atoms with Crippen molar-refractivity contribution in [3.8, 4) is 0 Å². The number of hydrogen-bond acceptors (Lipinski definition) is 2. The molecule has 0 atom stereocenters. The Morgan fingerprint density at radius 1 is 1.73 bits per heavy atom. The molecule has 3 nitrogen and oxygen atoms in total. The predicted octanol–water partition coefficient (Wildman–Crippen LogP) is 0.590. The third-order valence-corrected chi connectivity index (χ3v) is 2.26. The molecule has 11 heavy (non-hydrogen) atoms. The summed E-state index contributed by atoms with van der Waals surface area (Å²) in [4.78, 5) is 4.13. The summed E-state index contributed by atoms with van der Waals surface area (Å²) in [6.45, 7) is 4.37. The zero-order valence-electron chi connectivity index (χ0n) is 6.75. The maximum absolute atomic E-state index is 4.13. The average Bonchev–Trinajstić information content (AvgIpc) is 2.32. The van der Waals surface area contributed by atoms with E-state index in [1.165, 1.54) is 5.69 Å². The van der Waals surface area contributed by atoms with Crippen molar-refractivity contribution in [1.29, 1.82) is 0 Å². The van der Waals surface area contributed by atoms with Gasteiger partial charge in [0, 0.05) is 25.0 Å². The van der Waals surface area contributed by atoms with Crippen LogP contribution in [0.25, 0.3) is 0 Å². The molecular formula is C8H13N3. The summed E-state index contributed by atoms with van der Waals surface area (Å²) in [6.07, 6.45) is 4.97. The van der Waals surface area contributed by atoms with E-state index in [1.54, 1.807) is 0 Å². The molecule has 0 unspecified atom stereocenters. The van der Waals surface area contributed by atoms with Gasteiger partial charge in [0.15, 0.2) is 0 Å². The monoisotopic (exact) mass is 151 g/mol. The standard InChI is InChI=1S/C8H13N3/c1-2-7-3-10-6-11(7)8-4-9-5-8/h3,6,8-9H,2,4-5H2,1H3. The Hall–Kier alpha value is -0.830. The third-order valence-electron chi connectivity index (χ3n) is 2.26. The molecule has 0 amide bonds. The van der Waals surface area contributed by atoms with Crippen molar-refractivity contribution < 1.29 is 0 Å². The molecule has 1 aliphatic heterocycles. The quantitative estimate of drug-likeness (QED) is 0.670. The largest absolute Gasteiger partial charge is 0.329 e. The minimum Gasteiger partial charge on any atom is -0.329 e. The van der Waals surface area contributed by atoms with Crippen LogP contribution in [0.2, 0.25) is 0 Å². The van der Waals surface area contributed by atoms with Crippen molar-refractivity contribution >= 4 is 0 Å². The molecule has 1 fully saturated rings. The second-order valence-corrected chi connectivity index (χ2v) is 2.96. The van der Waals surface area contributed by atoms with Crippen LogP contribution in [-0.4, -0.2) is 22.6 Å². The molecule has 1 aromatic rings. The molecule has 2 rings (SSSR count). The molecule has 0 aliphatic carbocycles. The molecule has 0 saturated carbocycles. The van der Waals surface area contributed by atoms with Crippen LogP contribution in [0.4, 0.5) is 0 Å². The summed E-state index contributed by atoms with van der Waals surface area (Å²) >= 11 is 0. The molecule has 3 heteroatoms. The van der Waals surface area contributed by atoms with Gasteiger partial charge in [0.1, 0.15) is 0 Å². The Morgan fingerprint density at radius 2 is 2.55 bits per heavy atom. The summed E-state index contributed by atoms with van der Waals surface area (Å²) in [5.74, 6) is 0. The molecule has 60 valence electrons. The Balaban J connectivity index is 2.20. The molecule has 1 saturated heterocycles. The Morgan fingerprint density at radius 3 is 3.09 bits per heavy atom. The van der Waals surface area contributed by atoms with Gasteiger partial charge in [-0.05, 0) is 6.42 Å². The van der Waals surface area contributed by atoms with Crippen LogP contribution in [0.5, 0.6) is 0 Å². The van der Waals surface area contributed by atoms with Crippen molar-refractivity contribution in [2.24, 2.45) is 0 Å². The van der Waals surface area contributed by atoms with Crippen molar-refractivity contribution in [3.63, 3.8) is 0 Å². The van der Waals surface area contributed by atoms with Gasteiger partial charge in [-0.25, -0.2) is 4.98 Å². The predicted molar refractivity (Wildman–Crippen MR) is 43.5 cm³/mol. The molecule has 0 radical (unpaired) electrons. The fourth-order valence-electron chi connectivity index (χ4n) is 1.40. The van der Waals surface area contributed by atoms with Gasteiger partial charge in [0.2, 0.25) is 0 Å². The van der Waals surface area contributed by atoms with E-state index in [0.29, 0.717) is 6.04 Å². The lowest BCUT2D eigenvalue weighted by Gasteiger charge is -2.29. The molecule has 0 bridgehead atoms. The van der Waals surface area contributed by atoms with Gasteiger partial charge >= 0.3 is 0 Å². The SMILES string of the molecule is CCc1cncn1C1CNC1.